The first kappa shape index (κ1) is 10.2. The Kier molecular flexibility index (Phi) is 3.06. The maximum absolute atomic E-state index is 11.3. The number of piperidine rings is 1. The van der Waals surface area contributed by atoms with Crippen LogP contribution < -0.4 is 0 Å². The van der Waals surface area contributed by atoms with Crippen LogP contribution in [-0.2, 0) is 11.3 Å². The third kappa shape index (κ3) is 2.59. The lowest BCUT2D eigenvalue weighted by molar-refractivity contribution is -0.125. The average Bonchev–Trinajstić information content (AvgIpc) is 2.25. The summed E-state index contributed by atoms with van der Waals surface area (Å²) in [6, 6.07) is 1.92. The molecule has 0 aromatic carbocycles. The maximum atomic E-state index is 11.3. The second-order valence-corrected chi connectivity index (χ2v) is 4.05. The molecule has 0 aliphatic carbocycles. The summed E-state index contributed by atoms with van der Waals surface area (Å²) in [5.41, 5.74) is 1.02. The molecule has 0 N–H and O–H groups in total. The van der Waals surface area contributed by atoms with Crippen LogP contribution in [0.15, 0.2) is 18.6 Å². The van der Waals surface area contributed by atoms with E-state index in [0.29, 0.717) is 12.2 Å². The molecule has 1 saturated heterocycles. The lowest BCUT2D eigenvalue weighted by Gasteiger charge is -2.29. The largest absolute Gasteiger partial charge is 0.299 e. The van der Waals surface area contributed by atoms with Gasteiger partial charge in [-0.1, -0.05) is 6.92 Å². The van der Waals surface area contributed by atoms with Gasteiger partial charge in [0.05, 0.1) is 5.69 Å². The molecule has 2 heterocycles. The molecule has 2 rings (SSSR count). The Bertz CT molecular complexity index is 339. The van der Waals surface area contributed by atoms with E-state index < -0.39 is 0 Å². The maximum Gasteiger partial charge on any atom is 0.138 e. The lowest BCUT2D eigenvalue weighted by atomic mass is 9.98. The molecule has 0 amide bonds. The molecule has 80 valence electrons. The topological polar surface area (TPSA) is 46.1 Å². The van der Waals surface area contributed by atoms with Crippen molar-refractivity contribution in [3.05, 3.63) is 24.3 Å². The molecule has 1 aromatic heterocycles. The third-order valence-corrected chi connectivity index (χ3v) is 2.78. The van der Waals surface area contributed by atoms with Crippen molar-refractivity contribution in [1.82, 2.24) is 14.9 Å². The number of ketones is 1. The van der Waals surface area contributed by atoms with Crippen LogP contribution >= 0.6 is 0 Å². The number of carbonyl (C=O) groups is 1. The van der Waals surface area contributed by atoms with Crippen LogP contribution in [0.2, 0.25) is 0 Å². The van der Waals surface area contributed by atoms with Gasteiger partial charge in [-0.25, -0.2) is 9.97 Å². The fourth-order valence-electron chi connectivity index (χ4n) is 1.88. The van der Waals surface area contributed by atoms with Crippen LogP contribution in [-0.4, -0.2) is 33.7 Å². The fourth-order valence-corrected chi connectivity index (χ4v) is 1.88. The zero-order valence-electron chi connectivity index (χ0n) is 8.89. The van der Waals surface area contributed by atoms with Gasteiger partial charge in [0.15, 0.2) is 0 Å². The van der Waals surface area contributed by atoms with E-state index in [1.807, 2.05) is 13.0 Å². The Labute approximate surface area is 89.3 Å². The van der Waals surface area contributed by atoms with Crippen molar-refractivity contribution in [3.8, 4) is 0 Å². The van der Waals surface area contributed by atoms with Gasteiger partial charge in [0.25, 0.3) is 0 Å². The Balaban J connectivity index is 1.94. The molecule has 0 radical (unpaired) electrons. The monoisotopic (exact) mass is 205 g/mol. The van der Waals surface area contributed by atoms with Crippen molar-refractivity contribution >= 4 is 5.78 Å². The number of hydrogen-bond acceptors (Lipinski definition) is 4. The molecular weight excluding hydrogens is 190 g/mol. The first-order chi connectivity index (χ1) is 7.25. The zero-order chi connectivity index (χ0) is 10.7. The van der Waals surface area contributed by atoms with Crippen LogP contribution in [0.5, 0.6) is 0 Å². The zero-order valence-corrected chi connectivity index (χ0v) is 8.89. The van der Waals surface area contributed by atoms with E-state index in [0.717, 1.165) is 25.3 Å². The minimum absolute atomic E-state index is 0.167. The predicted octanol–water partition coefficient (Wildman–Crippen LogP) is 0.887. The van der Waals surface area contributed by atoms with Crippen molar-refractivity contribution in [2.75, 3.05) is 13.1 Å². The first-order valence-corrected chi connectivity index (χ1v) is 5.25. The molecule has 15 heavy (non-hydrogen) atoms. The number of likely N-dealkylation sites (tertiary alicyclic amines) is 1. The van der Waals surface area contributed by atoms with Crippen LogP contribution in [0, 0.1) is 5.92 Å². The smallest absolute Gasteiger partial charge is 0.138 e. The highest BCUT2D eigenvalue weighted by atomic mass is 16.1. The first-order valence-electron chi connectivity index (χ1n) is 5.25. The molecule has 1 fully saturated rings. The number of nitrogens with zero attached hydrogens (tertiary/aromatic N) is 3. The van der Waals surface area contributed by atoms with Gasteiger partial charge in [-0.05, 0) is 6.07 Å². The second kappa shape index (κ2) is 4.49. The molecule has 1 unspecified atom stereocenters. The average molecular weight is 205 g/mol. The van der Waals surface area contributed by atoms with Crippen molar-refractivity contribution in [3.63, 3.8) is 0 Å². The van der Waals surface area contributed by atoms with Gasteiger partial charge in [0, 0.05) is 38.2 Å². The molecular formula is C11H15N3O. The van der Waals surface area contributed by atoms with E-state index >= 15 is 0 Å². The quantitative estimate of drug-likeness (QED) is 0.719. The summed E-state index contributed by atoms with van der Waals surface area (Å²) < 4.78 is 0. The summed E-state index contributed by atoms with van der Waals surface area (Å²) >= 11 is 0. The molecule has 4 heteroatoms. The van der Waals surface area contributed by atoms with Crippen molar-refractivity contribution in [2.45, 2.75) is 19.9 Å². The van der Waals surface area contributed by atoms with E-state index in [-0.39, 0.29) is 5.92 Å². The molecule has 4 nitrogen and oxygen atoms in total. The van der Waals surface area contributed by atoms with Gasteiger partial charge < -0.3 is 0 Å². The molecule has 0 saturated carbocycles. The number of carbonyl (C=O) groups excluding carboxylic acids is 1. The normalized spacial score (nSPS) is 23.0. The second-order valence-electron chi connectivity index (χ2n) is 4.05. The van der Waals surface area contributed by atoms with E-state index in [4.69, 9.17) is 0 Å². The van der Waals surface area contributed by atoms with Crippen LogP contribution in [0.1, 0.15) is 19.0 Å². The molecule has 0 bridgehead atoms. The van der Waals surface area contributed by atoms with E-state index in [1.165, 1.54) is 0 Å². The van der Waals surface area contributed by atoms with E-state index in [1.54, 1.807) is 12.5 Å². The van der Waals surface area contributed by atoms with Gasteiger partial charge >= 0.3 is 0 Å². The molecule has 1 aliphatic heterocycles. The summed E-state index contributed by atoms with van der Waals surface area (Å²) in [6.45, 7) is 4.52. The number of aromatic nitrogens is 2. The minimum Gasteiger partial charge on any atom is -0.299 e. The summed E-state index contributed by atoms with van der Waals surface area (Å²) in [5.74, 6) is 0.550. The highest BCUT2D eigenvalue weighted by molar-refractivity contribution is 5.81. The predicted molar refractivity (Wildman–Crippen MR) is 56.1 cm³/mol. The molecule has 1 aromatic rings. The summed E-state index contributed by atoms with van der Waals surface area (Å²) in [4.78, 5) is 21.7. The summed E-state index contributed by atoms with van der Waals surface area (Å²) in [6.07, 6.45) is 3.99. The Hall–Kier alpha value is -1.29. The van der Waals surface area contributed by atoms with Gasteiger partial charge in [-0.3, -0.25) is 9.69 Å². The number of rotatable bonds is 2. The van der Waals surface area contributed by atoms with Crippen molar-refractivity contribution in [2.24, 2.45) is 5.92 Å². The molecule has 1 atom stereocenters. The van der Waals surface area contributed by atoms with Gasteiger partial charge in [0.2, 0.25) is 0 Å². The molecule has 0 spiro atoms. The van der Waals surface area contributed by atoms with Gasteiger partial charge in [-0.2, -0.15) is 0 Å². The highest BCUT2D eigenvalue weighted by Crippen LogP contribution is 2.13. The highest BCUT2D eigenvalue weighted by Gasteiger charge is 2.23. The fraction of sp³-hybridized carbons (Fsp3) is 0.545. The van der Waals surface area contributed by atoms with E-state index in [9.17, 15) is 4.79 Å². The number of hydrogen-bond donors (Lipinski definition) is 0. The van der Waals surface area contributed by atoms with Gasteiger partial charge in [-0.15, -0.1) is 0 Å². The van der Waals surface area contributed by atoms with Crippen molar-refractivity contribution < 1.29 is 4.79 Å². The van der Waals surface area contributed by atoms with Crippen LogP contribution in [0.4, 0.5) is 0 Å². The van der Waals surface area contributed by atoms with Crippen molar-refractivity contribution in [1.29, 1.82) is 0 Å². The van der Waals surface area contributed by atoms with Crippen LogP contribution in [0.25, 0.3) is 0 Å². The number of Topliss-reactive ketones (excluding diaryl/α,β-unsaturated/α-hetero) is 1. The Morgan fingerprint density at radius 1 is 1.60 bits per heavy atom. The Morgan fingerprint density at radius 3 is 3.13 bits per heavy atom. The summed E-state index contributed by atoms with van der Waals surface area (Å²) in [7, 11) is 0. The minimum atomic E-state index is 0.167. The Morgan fingerprint density at radius 2 is 2.47 bits per heavy atom. The summed E-state index contributed by atoms with van der Waals surface area (Å²) in [5, 5.41) is 0. The molecule has 1 aliphatic rings. The standard InChI is InChI=1S/C11H15N3O/c1-9-6-14(5-3-11(9)15)7-10-2-4-12-8-13-10/h2,4,8-9H,3,5-7H2,1H3. The van der Waals surface area contributed by atoms with E-state index in [2.05, 4.69) is 14.9 Å². The van der Waals surface area contributed by atoms with Crippen LogP contribution in [0.3, 0.4) is 0 Å². The third-order valence-electron chi connectivity index (χ3n) is 2.78. The lowest BCUT2D eigenvalue weighted by Crippen LogP contribution is -2.39. The SMILES string of the molecule is CC1CN(Cc2ccncn2)CCC1=O. The van der Waals surface area contributed by atoms with Gasteiger partial charge in [0.1, 0.15) is 12.1 Å².